The average molecular weight is 855 g/mol. The fraction of sp³-hybridized carbons (Fsp3) is 0. The van der Waals surface area contributed by atoms with Gasteiger partial charge in [-0.25, -0.2) is 15.0 Å². The van der Waals surface area contributed by atoms with E-state index >= 15 is 0 Å². The lowest BCUT2D eigenvalue weighted by Gasteiger charge is -2.21. The van der Waals surface area contributed by atoms with Crippen molar-refractivity contribution in [3.8, 4) is 95.5 Å². The van der Waals surface area contributed by atoms with Gasteiger partial charge in [-0.2, -0.15) is 0 Å². The van der Waals surface area contributed by atoms with E-state index in [9.17, 15) is 0 Å². The zero-order valence-corrected chi connectivity index (χ0v) is 36.5. The maximum Gasteiger partial charge on any atom is 0.164 e. The second-order valence-electron chi connectivity index (χ2n) is 16.8. The van der Waals surface area contributed by atoms with Crippen molar-refractivity contribution in [2.45, 2.75) is 0 Å². The van der Waals surface area contributed by atoms with E-state index in [0.717, 1.165) is 66.8 Å². The second kappa shape index (κ2) is 17.2. The molecule has 0 spiro atoms. The van der Waals surface area contributed by atoms with Crippen molar-refractivity contribution in [1.82, 2.24) is 19.5 Å². The van der Waals surface area contributed by atoms with Crippen LogP contribution in [0.3, 0.4) is 0 Å². The molecule has 12 rings (SSSR count). The van der Waals surface area contributed by atoms with E-state index in [2.05, 4.69) is 235 Å². The van der Waals surface area contributed by atoms with Gasteiger partial charge in [-0.1, -0.05) is 218 Å². The van der Waals surface area contributed by atoms with E-state index < -0.39 is 0 Å². The first-order valence-corrected chi connectivity index (χ1v) is 22.7. The summed E-state index contributed by atoms with van der Waals surface area (Å²) in [5, 5.41) is 2.37. The molecule has 0 unspecified atom stereocenters. The summed E-state index contributed by atoms with van der Waals surface area (Å²) >= 11 is 0. The summed E-state index contributed by atoms with van der Waals surface area (Å²) < 4.78 is 2.48. The van der Waals surface area contributed by atoms with Crippen molar-refractivity contribution in [3.05, 3.63) is 255 Å². The molecule has 2 heterocycles. The molecule has 67 heavy (non-hydrogen) atoms. The standard InChI is InChI=1S/C63H42N4/c1-7-21-43(22-8-1)49-35-37-58-56(39-49)57-40-50(44-23-9-2-10-24-44)36-38-59(57)67(58)60-54(46-27-13-4-14-28-46)41-51(42-55(60)47-29-15-5-16-30-47)62-64-61(48-31-17-6-18-32-48)65-63(66-62)53-34-20-19-33-52(53)45-25-11-3-12-26-45/h1-42H. The molecule has 0 radical (unpaired) electrons. The predicted octanol–water partition coefficient (Wildman–Crippen LogP) is 16.3. The van der Waals surface area contributed by atoms with Gasteiger partial charge in [0.2, 0.25) is 0 Å². The number of hydrogen-bond acceptors (Lipinski definition) is 3. The molecule has 0 atom stereocenters. The molecule has 0 amide bonds. The minimum atomic E-state index is 0.592. The number of rotatable bonds is 9. The fourth-order valence-electron chi connectivity index (χ4n) is 9.45. The van der Waals surface area contributed by atoms with Crippen molar-refractivity contribution in [2.75, 3.05) is 0 Å². The van der Waals surface area contributed by atoms with Gasteiger partial charge in [-0.3, -0.25) is 0 Å². The Hall–Kier alpha value is -8.99. The molecule has 0 N–H and O–H groups in total. The third-order valence-electron chi connectivity index (χ3n) is 12.7. The van der Waals surface area contributed by atoms with Crippen molar-refractivity contribution in [3.63, 3.8) is 0 Å². The Bertz CT molecular complexity index is 3540. The molecule has 0 aliphatic carbocycles. The summed E-state index contributed by atoms with van der Waals surface area (Å²) in [6.45, 7) is 0. The van der Waals surface area contributed by atoms with Gasteiger partial charge in [-0.05, 0) is 80.9 Å². The van der Waals surface area contributed by atoms with Crippen LogP contribution in [0.2, 0.25) is 0 Å². The van der Waals surface area contributed by atoms with Gasteiger partial charge in [0.05, 0.1) is 16.7 Å². The lowest BCUT2D eigenvalue weighted by Crippen LogP contribution is -2.04. The number of hydrogen-bond donors (Lipinski definition) is 0. The molecule has 12 aromatic rings. The van der Waals surface area contributed by atoms with Crippen LogP contribution < -0.4 is 0 Å². The fourth-order valence-corrected chi connectivity index (χ4v) is 9.45. The molecular formula is C63H42N4. The van der Waals surface area contributed by atoms with Gasteiger partial charge in [0.15, 0.2) is 17.5 Å². The highest BCUT2D eigenvalue weighted by Crippen LogP contribution is 2.45. The first kappa shape index (κ1) is 39.6. The molecular weight excluding hydrogens is 813 g/mol. The van der Waals surface area contributed by atoms with Crippen molar-refractivity contribution in [1.29, 1.82) is 0 Å². The third kappa shape index (κ3) is 7.47. The molecule has 4 nitrogen and oxygen atoms in total. The smallest absolute Gasteiger partial charge is 0.164 e. The molecule has 0 fully saturated rings. The van der Waals surface area contributed by atoms with E-state index in [4.69, 9.17) is 15.0 Å². The summed E-state index contributed by atoms with van der Waals surface area (Å²) in [5.41, 5.74) is 17.2. The minimum Gasteiger partial charge on any atom is -0.308 e. The molecule has 0 aliphatic heterocycles. The third-order valence-corrected chi connectivity index (χ3v) is 12.7. The molecule has 314 valence electrons. The Balaban J connectivity index is 1.16. The SMILES string of the molecule is c1ccc(-c2ccc3c(c2)c2cc(-c4ccccc4)ccc2n3-c2c(-c3ccccc3)cc(-c3nc(-c4ccccc4)nc(-c4ccccc4-c4ccccc4)n3)cc2-c2ccccc2)cc1. The van der Waals surface area contributed by atoms with Crippen LogP contribution >= 0.6 is 0 Å². The Morgan fingerprint density at radius 2 is 0.567 bits per heavy atom. The van der Waals surface area contributed by atoms with E-state index in [1.54, 1.807) is 0 Å². The number of aromatic nitrogens is 4. The summed E-state index contributed by atoms with van der Waals surface area (Å²) in [5.74, 6) is 1.82. The highest BCUT2D eigenvalue weighted by atomic mass is 15.0. The first-order chi connectivity index (χ1) is 33.2. The van der Waals surface area contributed by atoms with Crippen LogP contribution in [-0.2, 0) is 0 Å². The van der Waals surface area contributed by atoms with Gasteiger partial charge in [-0.15, -0.1) is 0 Å². The maximum absolute atomic E-state index is 5.40. The van der Waals surface area contributed by atoms with Crippen LogP contribution in [0.4, 0.5) is 0 Å². The quantitative estimate of drug-likeness (QED) is 0.145. The molecule has 0 saturated heterocycles. The Labute approximate surface area is 389 Å². The molecule has 0 bridgehead atoms. The Morgan fingerprint density at radius 1 is 0.224 bits per heavy atom. The van der Waals surface area contributed by atoms with Gasteiger partial charge in [0, 0.05) is 38.6 Å². The summed E-state index contributed by atoms with van der Waals surface area (Å²) in [6, 6.07) is 90.2. The lowest BCUT2D eigenvalue weighted by atomic mass is 9.92. The number of benzene rings is 10. The highest BCUT2D eigenvalue weighted by Gasteiger charge is 2.24. The normalized spacial score (nSPS) is 11.3. The van der Waals surface area contributed by atoms with Crippen molar-refractivity contribution < 1.29 is 0 Å². The summed E-state index contributed by atoms with van der Waals surface area (Å²) in [4.78, 5) is 15.9. The van der Waals surface area contributed by atoms with E-state index in [1.165, 1.54) is 33.0 Å². The van der Waals surface area contributed by atoms with Crippen LogP contribution in [0, 0.1) is 0 Å². The van der Waals surface area contributed by atoms with Gasteiger partial charge < -0.3 is 4.57 Å². The second-order valence-corrected chi connectivity index (χ2v) is 16.8. The molecule has 0 saturated carbocycles. The molecule has 2 aromatic heterocycles. The average Bonchev–Trinajstić information content (AvgIpc) is 3.74. The predicted molar refractivity (Wildman–Crippen MR) is 278 cm³/mol. The van der Waals surface area contributed by atoms with Crippen LogP contribution in [-0.4, -0.2) is 19.5 Å². The van der Waals surface area contributed by atoms with E-state index in [-0.39, 0.29) is 0 Å². The van der Waals surface area contributed by atoms with E-state index in [0.29, 0.717) is 17.5 Å². The molecule has 0 aliphatic rings. The van der Waals surface area contributed by atoms with E-state index in [1.807, 2.05) is 24.3 Å². The Morgan fingerprint density at radius 3 is 1.01 bits per heavy atom. The van der Waals surface area contributed by atoms with Crippen molar-refractivity contribution >= 4 is 21.8 Å². The number of fused-ring (bicyclic) bond motifs is 3. The van der Waals surface area contributed by atoms with Gasteiger partial charge >= 0.3 is 0 Å². The molecule has 10 aromatic carbocycles. The lowest BCUT2D eigenvalue weighted by molar-refractivity contribution is 1.07. The maximum atomic E-state index is 5.40. The van der Waals surface area contributed by atoms with Gasteiger partial charge in [0.25, 0.3) is 0 Å². The molecule has 4 heteroatoms. The minimum absolute atomic E-state index is 0.592. The Kier molecular flexibility index (Phi) is 10.2. The zero-order valence-electron chi connectivity index (χ0n) is 36.5. The first-order valence-electron chi connectivity index (χ1n) is 22.7. The zero-order chi connectivity index (χ0) is 44.5. The topological polar surface area (TPSA) is 43.6 Å². The van der Waals surface area contributed by atoms with Gasteiger partial charge in [0.1, 0.15) is 0 Å². The van der Waals surface area contributed by atoms with Crippen LogP contribution in [0.1, 0.15) is 0 Å². The number of nitrogens with zero attached hydrogens (tertiary/aromatic N) is 4. The summed E-state index contributed by atoms with van der Waals surface area (Å²) in [6.07, 6.45) is 0. The van der Waals surface area contributed by atoms with Crippen LogP contribution in [0.15, 0.2) is 255 Å². The highest BCUT2D eigenvalue weighted by molar-refractivity contribution is 6.13. The monoisotopic (exact) mass is 854 g/mol. The van der Waals surface area contributed by atoms with Crippen LogP contribution in [0.5, 0.6) is 0 Å². The largest absolute Gasteiger partial charge is 0.308 e. The van der Waals surface area contributed by atoms with Crippen molar-refractivity contribution in [2.24, 2.45) is 0 Å². The van der Waals surface area contributed by atoms with Crippen LogP contribution in [0.25, 0.3) is 117 Å². The summed E-state index contributed by atoms with van der Waals surface area (Å²) in [7, 11) is 0.